The lowest BCUT2D eigenvalue weighted by Crippen LogP contribution is -2.59. The number of carbonyl (C=O) groups is 1. The summed E-state index contributed by atoms with van der Waals surface area (Å²) >= 11 is 0. The van der Waals surface area contributed by atoms with Gasteiger partial charge in [0.15, 0.2) is 6.10 Å². The molecule has 5 N–H and O–H groups in total. The number of methoxy groups -OCH3 is 1. The zero-order chi connectivity index (χ0) is 24.1. The second-order valence-electron chi connectivity index (χ2n) is 10.4. The van der Waals surface area contributed by atoms with Gasteiger partial charge in [-0.1, -0.05) is 32.1 Å². The Morgan fingerprint density at radius 2 is 2.09 bits per heavy atom. The summed E-state index contributed by atoms with van der Waals surface area (Å²) in [6, 6.07) is -0.0263. The lowest BCUT2D eigenvalue weighted by atomic mass is 9.57. The van der Waals surface area contributed by atoms with E-state index in [2.05, 4.69) is 30.5 Å². The van der Waals surface area contributed by atoms with Gasteiger partial charge >= 0.3 is 5.97 Å². The molecular weight excluding hydrogens is 424 g/mol. The van der Waals surface area contributed by atoms with E-state index in [1.807, 2.05) is 13.8 Å². The van der Waals surface area contributed by atoms with Crippen LogP contribution in [0.1, 0.15) is 34.1 Å². The Morgan fingerprint density at radius 1 is 1.36 bits per heavy atom. The van der Waals surface area contributed by atoms with Crippen LogP contribution in [-0.4, -0.2) is 78.5 Å². The number of esters is 1. The molecule has 2 fully saturated rings. The number of hydrogen-bond donors (Lipinski definition) is 4. The second kappa shape index (κ2) is 9.40. The van der Waals surface area contributed by atoms with Gasteiger partial charge in [0.05, 0.1) is 18.3 Å². The van der Waals surface area contributed by atoms with E-state index in [0.29, 0.717) is 19.5 Å². The molecule has 8 heteroatoms. The van der Waals surface area contributed by atoms with Crippen molar-refractivity contribution in [3.8, 4) is 0 Å². The summed E-state index contributed by atoms with van der Waals surface area (Å²) < 4.78 is 18.3. The van der Waals surface area contributed by atoms with Gasteiger partial charge in [-0.2, -0.15) is 0 Å². The van der Waals surface area contributed by atoms with Gasteiger partial charge in [-0.3, -0.25) is 0 Å². The van der Waals surface area contributed by atoms with Gasteiger partial charge in [0, 0.05) is 55.8 Å². The Bertz CT molecular complexity index is 800. The van der Waals surface area contributed by atoms with E-state index >= 15 is 0 Å². The van der Waals surface area contributed by atoms with Gasteiger partial charge in [0.2, 0.25) is 0 Å². The maximum atomic E-state index is 13.0. The molecule has 12 atom stereocenters. The zero-order valence-corrected chi connectivity index (χ0v) is 20.3. The summed E-state index contributed by atoms with van der Waals surface area (Å²) in [5.41, 5.74) is 6.00. The molecule has 8 nitrogen and oxygen atoms in total. The van der Waals surface area contributed by atoms with Crippen LogP contribution in [0.3, 0.4) is 0 Å². The van der Waals surface area contributed by atoms with Crippen molar-refractivity contribution in [3.63, 3.8) is 0 Å². The summed E-state index contributed by atoms with van der Waals surface area (Å²) in [6.07, 6.45) is 3.71. The number of nitrogens with one attached hydrogen (secondary N) is 1. The normalized spacial score (nSPS) is 49.6. The Balaban J connectivity index is 1.82. The Kier molecular flexibility index (Phi) is 7.07. The van der Waals surface area contributed by atoms with E-state index in [-0.39, 0.29) is 41.7 Å². The number of ether oxygens (including phenoxy) is 3. The third-order valence-corrected chi connectivity index (χ3v) is 8.48. The van der Waals surface area contributed by atoms with Crippen LogP contribution in [0.4, 0.5) is 0 Å². The van der Waals surface area contributed by atoms with Gasteiger partial charge in [0.1, 0.15) is 11.7 Å². The molecule has 2 aliphatic heterocycles. The van der Waals surface area contributed by atoms with Gasteiger partial charge in [-0.25, -0.2) is 4.79 Å². The highest BCUT2D eigenvalue weighted by Gasteiger charge is 2.68. The summed E-state index contributed by atoms with van der Waals surface area (Å²) in [5, 5.41) is 25.4. The van der Waals surface area contributed by atoms with Crippen LogP contribution in [0.15, 0.2) is 23.8 Å². The van der Waals surface area contributed by atoms with Crippen molar-refractivity contribution in [2.24, 2.45) is 35.3 Å². The molecule has 0 aromatic carbocycles. The van der Waals surface area contributed by atoms with E-state index in [0.717, 1.165) is 5.57 Å². The SMILES string of the molecule is CO[C@H]1C[C@H]2C=C[C@H]3[C@H]4O[C@]2(/C(C)=C/[C@@H](C)[C@@H]([C@@H](C)O)OC1=O)[C@@H]3[C@H](O)C(C)[C@@H]4NCCN. The summed E-state index contributed by atoms with van der Waals surface area (Å²) in [4.78, 5) is 13.0. The number of cyclic esters (lactones) is 1. The number of nitrogens with two attached hydrogens (primary N) is 1. The van der Waals surface area contributed by atoms with Crippen molar-refractivity contribution in [2.45, 2.75) is 76.3 Å². The predicted molar refractivity (Wildman–Crippen MR) is 123 cm³/mol. The lowest BCUT2D eigenvalue weighted by molar-refractivity contribution is -0.172. The number of rotatable bonds is 5. The molecule has 186 valence electrons. The van der Waals surface area contributed by atoms with Crippen molar-refractivity contribution < 1.29 is 29.2 Å². The minimum absolute atomic E-state index is 0.0108. The van der Waals surface area contributed by atoms with E-state index < -0.39 is 36.0 Å². The quantitative estimate of drug-likeness (QED) is 0.347. The highest BCUT2D eigenvalue weighted by Crippen LogP contribution is 2.60. The first kappa shape index (κ1) is 24.8. The molecule has 4 rings (SSSR count). The zero-order valence-electron chi connectivity index (χ0n) is 20.3. The largest absolute Gasteiger partial charge is 0.457 e. The standard InChI is InChI=1S/C25H40N2O6/c1-12-10-13(2)25-16(11-18(31-5)24(30)32-22(12)15(4)28)6-7-17-19(25)21(29)14(3)20(23(17)33-25)27-9-8-26/h6-7,10,12,14-23,27-29H,8-9,11,26H2,1-5H3/b13-10+/t12-,14?,15-,16-,17-,18+,19+,20+,21-,22+,23-,25+/m1/s1. The van der Waals surface area contributed by atoms with Crippen LogP contribution in [0.2, 0.25) is 0 Å². The molecule has 1 unspecified atom stereocenters. The van der Waals surface area contributed by atoms with E-state index in [1.165, 1.54) is 7.11 Å². The molecular formula is C25H40N2O6. The first-order valence-corrected chi connectivity index (χ1v) is 12.2. The van der Waals surface area contributed by atoms with Gasteiger partial charge in [-0.05, 0) is 25.8 Å². The topological polar surface area (TPSA) is 123 Å². The maximum Gasteiger partial charge on any atom is 0.335 e. The van der Waals surface area contributed by atoms with Crippen LogP contribution in [-0.2, 0) is 19.0 Å². The fourth-order valence-corrected chi connectivity index (χ4v) is 6.92. The maximum absolute atomic E-state index is 13.0. The molecule has 2 heterocycles. The molecule has 4 aliphatic rings. The average Bonchev–Trinajstić information content (AvgIpc) is 2.96. The van der Waals surface area contributed by atoms with Crippen LogP contribution in [0.5, 0.6) is 0 Å². The van der Waals surface area contributed by atoms with Gasteiger partial charge in [-0.15, -0.1) is 0 Å². The minimum atomic E-state index is -0.837. The lowest BCUT2D eigenvalue weighted by Gasteiger charge is -2.49. The number of aliphatic hydroxyl groups excluding tert-OH is 2. The molecule has 4 bridgehead atoms. The average molecular weight is 465 g/mol. The van der Waals surface area contributed by atoms with E-state index in [1.54, 1.807) is 6.92 Å². The number of carbonyl (C=O) groups excluding carboxylic acids is 1. The fraction of sp³-hybridized carbons (Fsp3) is 0.800. The van der Waals surface area contributed by atoms with Crippen molar-refractivity contribution in [1.29, 1.82) is 0 Å². The van der Waals surface area contributed by atoms with Crippen molar-refractivity contribution in [1.82, 2.24) is 5.32 Å². The Hall–Kier alpha value is -1.29. The van der Waals surface area contributed by atoms with Crippen molar-refractivity contribution in [3.05, 3.63) is 23.8 Å². The molecule has 0 aromatic heterocycles. The number of hydrogen-bond acceptors (Lipinski definition) is 8. The molecule has 1 saturated carbocycles. The molecule has 0 radical (unpaired) electrons. The predicted octanol–water partition coefficient (Wildman–Crippen LogP) is 0.764. The highest BCUT2D eigenvalue weighted by molar-refractivity contribution is 5.75. The number of aliphatic hydroxyl groups is 2. The summed E-state index contributed by atoms with van der Waals surface area (Å²) in [7, 11) is 1.50. The smallest absolute Gasteiger partial charge is 0.335 e. The Labute approximate surface area is 196 Å². The van der Waals surface area contributed by atoms with Crippen LogP contribution in [0.25, 0.3) is 0 Å². The monoisotopic (exact) mass is 464 g/mol. The second-order valence-corrected chi connectivity index (χ2v) is 10.4. The molecule has 2 aliphatic carbocycles. The summed E-state index contributed by atoms with van der Waals surface area (Å²) in [6.45, 7) is 8.84. The molecule has 1 saturated heterocycles. The first-order chi connectivity index (χ1) is 15.7. The summed E-state index contributed by atoms with van der Waals surface area (Å²) in [5.74, 6) is -0.971. The van der Waals surface area contributed by atoms with Crippen molar-refractivity contribution >= 4 is 5.97 Å². The molecule has 33 heavy (non-hydrogen) atoms. The third kappa shape index (κ3) is 3.89. The van der Waals surface area contributed by atoms with Gasteiger partial charge in [0.25, 0.3) is 0 Å². The van der Waals surface area contributed by atoms with Crippen LogP contribution >= 0.6 is 0 Å². The molecule has 0 amide bonds. The van der Waals surface area contributed by atoms with Crippen LogP contribution in [0, 0.1) is 29.6 Å². The first-order valence-electron chi connectivity index (χ1n) is 12.2. The van der Waals surface area contributed by atoms with E-state index in [4.69, 9.17) is 19.9 Å². The Morgan fingerprint density at radius 3 is 2.73 bits per heavy atom. The fourth-order valence-electron chi connectivity index (χ4n) is 6.92. The van der Waals surface area contributed by atoms with Crippen molar-refractivity contribution in [2.75, 3.05) is 20.2 Å². The molecule has 0 aromatic rings. The van der Waals surface area contributed by atoms with E-state index in [9.17, 15) is 15.0 Å². The highest BCUT2D eigenvalue weighted by atomic mass is 16.6. The third-order valence-electron chi connectivity index (χ3n) is 8.48. The minimum Gasteiger partial charge on any atom is -0.457 e. The van der Waals surface area contributed by atoms with Crippen LogP contribution < -0.4 is 11.1 Å². The van der Waals surface area contributed by atoms with Gasteiger partial charge < -0.3 is 35.5 Å². The molecule has 1 spiro atoms.